The summed E-state index contributed by atoms with van der Waals surface area (Å²) in [6.45, 7) is 4.61. The molecule has 2 fully saturated rings. The minimum atomic E-state index is 0.220. The van der Waals surface area contributed by atoms with Gasteiger partial charge >= 0.3 is 0 Å². The van der Waals surface area contributed by atoms with E-state index in [2.05, 4.69) is 31.2 Å². The third kappa shape index (κ3) is 2.39. The van der Waals surface area contributed by atoms with Gasteiger partial charge in [0.15, 0.2) is 0 Å². The molecule has 1 amide bonds. The molecule has 0 aromatic heterocycles. The normalized spacial score (nSPS) is 29.6. The number of carbonyl (C=O) groups excluding carboxylic acids is 1. The van der Waals surface area contributed by atoms with Gasteiger partial charge in [0.2, 0.25) is 5.91 Å². The van der Waals surface area contributed by atoms with Gasteiger partial charge in [-0.15, -0.1) is 0 Å². The molecule has 3 rings (SSSR count). The van der Waals surface area contributed by atoms with Crippen molar-refractivity contribution in [1.82, 2.24) is 4.90 Å². The Balaban J connectivity index is 1.64. The second-order valence-corrected chi connectivity index (χ2v) is 5.98. The maximum absolute atomic E-state index is 12.4. The van der Waals surface area contributed by atoms with Crippen LogP contribution < -0.4 is 5.73 Å². The lowest BCUT2D eigenvalue weighted by Crippen LogP contribution is -2.31. The van der Waals surface area contributed by atoms with Crippen LogP contribution in [0.25, 0.3) is 0 Å². The Morgan fingerprint density at radius 3 is 2.89 bits per heavy atom. The summed E-state index contributed by atoms with van der Waals surface area (Å²) in [5, 5.41) is 0. The molecule has 102 valence electrons. The Morgan fingerprint density at radius 1 is 1.42 bits per heavy atom. The summed E-state index contributed by atoms with van der Waals surface area (Å²) in [5.41, 5.74) is 8.35. The summed E-state index contributed by atoms with van der Waals surface area (Å²) in [5.74, 6) is 1.53. The van der Waals surface area contributed by atoms with Crippen molar-refractivity contribution in [3.8, 4) is 0 Å². The molecule has 3 atom stereocenters. The van der Waals surface area contributed by atoms with Gasteiger partial charge in [-0.25, -0.2) is 0 Å². The quantitative estimate of drug-likeness (QED) is 0.900. The SMILES string of the molecule is Cc1ccccc1[C@@H]1C[C@H]1C(=O)N1CC[C@H](CN)C1. The van der Waals surface area contributed by atoms with E-state index in [1.54, 1.807) is 0 Å². The van der Waals surface area contributed by atoms with Crippen molar-refractivity contribution in [2.75, 3.05) is 19.6 Å². The summed E-state index contributed by atoms with van der Waals surface area (Å²) >= 11 is 0. The lowest BCUT2D eigenvalue weighted by Gasteiger charge is -2.16. The van der Waals surface area contributed by atoms with E-state index in [9.17, 15) is 4.79 Å². The molecule has 19 heavy (non-hydrogen) atoms. The minimum Gasteiger partial charge on any atom is -0.342 e. The number of carbonyl (C=O) groups is 1. The van der Waals surface area contributed by atoms with Crippen LogP contribution in [-0.2, 0) is 4.79 Å². The fourth-order valence-corrected chi connectivity index (χ4v) is 3.27. The van der Waals surface area contributed by atoms with Gasteiger partial charge in [-0.3, -0.25) is 4.79 Å². The van der Waals surface area contributed by atoms with Crippen LogP contribution in [-0.4, -0.2) is 30.4 Å². The molecular formula is C16H22N2O. The van der Waals surface area contributed by atoms with Gasteiger partial charge in [0.05, 0.1) is 0 Å². The molecule has 1 aliphatic heterocycles. The van der Waals surface area contributed by atoms with E-state index in [4.69, 9.17) is 5.73 Å². The van der Waals surface area contributed by atoms with E-state index >= 15 is 0 Å². The molecule has 1 saturated heterocycles. The Hall–Kier alpha value is -1.35. The van der Waals surface area contributed by atoms with Gasteiger partial charge in [-0.2, -0.15) is 0 Å². The standard InChI is InChI=1S/C16H22N2O/c1-11-4-2-3-5-13(11)14-8-15(14)16(19)18-7-6-12(9-17)10-18/h2-5,12,14-15H,6-10,17H2,1H3/t12-,14+,15-/m1/s1. The van der Waals surface area contributed by atoms with E-state index in [1.807, 2.05) is 4.90 Å². The van der Waals surface area contributed by atoms with Gasteiger partial charge < -0.3 is 10.6 Å². The first kappa shape index (κ1) is 12.7. The molecular weight excluding hydrogens is 236 g/mol. The zero-order valence-electron chi connectivity index (χ0n) is 11.5. The largest absolute Gasteiger partial charge is 0.342 e. The fourth-order valence-electron chi connectivity index (χ4n) is 3.27. The first-order chi connectivity index (χ1) is 9.20. The monoisotopic (exact) mass is 258 g/mol. The van der Waals surface area contributed by atoms with Crippen molar-refractivity contribution in [3.63, 3.8) is 0 Å². The Labute approximate surface area is 114 Å². The Bertz CT molecular complexity index is 485. The third-order valence-corrected chi connectivity index (χ3v) is 4.63. The van der Waals surface area contributed by atoms with Crippen molar-refractivity contribution in [3.05, 3.63) is 35.4 Å². The molecule has 0 spiro atoms. The number of hydrogen-bond donors (Lipinski definition) is 1. The van der Waals surface area contributed by atoms with Gasteiger partial charge in [-0.05, 0) is 49.3 Å². The molecule has 1 heterocycles. The highest BCUT2D eigenvalue weighted by molar-refractivity contribution is 5.83. The Morgan fingerprint density at radius 2 is 2.21 bits per heavy atom. The smallest absolute Gasteiger partial charge is 0.226 e. The molecule has 2 N–H and O–H groups in total. The van der Waals surface area contributed by atoms with Gasteiger partial charge in [-0.1, -0.05) is 24.3 Å². The molecule has 1 aromatic carbocycles. The lowest BCUT2D eigenvalue weighted by molar-refractivity contribution is -0.131. The Kier molecular flexibility index (Phi) is 3.31. The third-order valence-electron chi connectivity index (χ3n) is 4.63. The van der Waals surface area contributed by atoms with Gasteiger partial charge in [0, 0.05) is 19.0 Å². The number of rotatable bonds is 3. The number of nitrogens with zero attached hydrogens (tertiary/aromatic N) is 1. The van der Waals surface area contributed by atoms with Gasteiger partial charge in [0.25, 0.3) is 0 Å². The average Bonchev–Trinajstić information content (AvgIpc) is 3.07. The molecule has 1 saturated carbocycles. The predicted molar refractivity (Wildman–Crippen MR) is 75.8 cm³/mol. The van der Waals surface area contributed by atoms with Crippen LogP contribution in [0.4, 0.5) is 0 Å². The van der Waals surface area contributed by atoms with Crippen molar-refractivity contribution in [2.45, 2.75) is 25.7 Å². The van der Waals surface area contributed by atoms with Crippen molar-refractivity contribution < 1.29 is 4.79 Å². The molecule has 0 unspecified atom stereocenters. The maximum Gasteiger partial charge on any atom is 0.226 e. The number of nitrogens with two attached hydrogens (primary N) is 1. The predicted octanol–water partition coefficient (Wildman–Crippen LogP) is 1.91. The van der Waals surface area contributed by atoms with Crippen LogP contribution in [0.2, 0.25) is 0 Å². The lowest BCUT2D eigenvalue weighted by atomic mass is 10.0. The van der Waals surface area contributed by atoms with E-state index in [0.29, 0.717) is 24.3 Å². The number of hydrogen-bond acceptors (Lipinski definition) is 2. The number of aryl methyl sites for hydroxylation is 1. The molecule has 0 radical (unpaired) electrons. The highest BCUT2D eigenvalue weighted by Crippen LogP contribution is 2.49. The average molecular weight is 258 g/mol. The maximum atomic E-state index is 12.4. The highest BCUT2D eigenvalue weighted by atomic mass is 16.2. The number of likely N-dealkylation sites (tertiary alicyclic amines) is 1. The first-order valence-corrected chi connectivity index (χ1v) is 7.25. The number of amides is 1. The molecule has 3 heteroatoms. The highest BCUT2D eigenvalue weighted by Gasteiger charge is 2.47. The van der Waals surface area contributed by atoms with E-state index in [-0.39, 0.29) is 5.92 Å². The van der Waals surface area contributed by atoms with Crippen LogP contribution >= 0.6 is 0 Å². The van der Waals surface area contributed by atoms with Crippen molar-refractivity contribution in [1.29, 1.82) is 0 Å². The van der Waals surface area contributed by atoms with Crippen molar-refractivity contribution >= 4 is 5.91 Å². The van der Waals surface area contributed by atoms with Crippen LogP contribution in [0.5, 0.6) is 0 Å². The van der Waals surface area contributed by atoms with Crippen LogP contribution in [0.1, 0.15) is 29.9 Å². The molecule has 3 nitrogen and oxygen atoms in total. The fraction of sp³-hybridized carbons (Fsp3) is 0.562. The second kappa shape index (κ2) is 4.97. The zero-order valence-corrected chi connectivity index (χ0v) is 11.5. The minimum absolute atomic E-state index is 0.220. The van der Waals surface area contributed by atoms with E-state index < -0.39 is 0 Å². The summed E-state index contributed by atoms with van der Waals surface area (Å²) in [4.78, 5) is 14.5. The summed E-state index contributed by atoms with van der Waals surface area (Å²) in [7, 11) is 0. The first-order valence-electron chi connectivity index (χ1n) is 7.25. The molecule has 1 aliphatic carbocycles. The van der Waals surface area contributed by atoms with Crippen LogP contribution in [0, 0.1) is 18.8 Å². The van der Waals surface area contributed by atoms with E-state index in [1.165, 1.54) is 11.1 Å². The molecule has 0 bridgehead atoms. The molecule has 1 aromatic rings. The van der Waals surface area contributed by atoms with Crippen molar-refractivity contribution in [2.24, 2.45) is 17.6 Å². The number of benzene rings is 1. The second-order valence-electron chi connectivity index (χ2n) is 5.98. The summed E-state index contributed by atoms with van der Waals surface area (Å²) in [6, 6.07) is 8.43. The zero-order chi connectivity index (χ0) is 13.4. The topological polar surface area (TPSA) is 46.3 Å². The van der Waals surface area contributed by atoms with Crippen LogP contribution in [0.3, 0.4) is 0 Å². The van der Waals surface area contributed by atoms with Gasteiger partial charge in [0.1, 0.15) is 0 Å². The van der Waals surface area contributed by atoms with Crippen LogP contribution in [0.15, 0.2) is 24.3 Å². The summed E-state index contributed by atoms with van der Waals surface area (Å²) < 4.78 is 0. The van der Waals surface area contributed by atoms with E-state index in [0.717, 1.165) is 25.9 Å². The summed E-state index contributed by atoms with van der Waals surface area (Å²) in [6.07, 6.45) is 2.09. The molecule has 2 aliphatic rings.